The molecule has 1 aliphatic rings. The van der Waals surface area contributed by atoms with Gasteiger partial charge in [-0.25, -0.2) is 18.6 Å². The maximum atomic E-state index is 14.7. The highest BCUT2D eigenvalue weighted by Gasteiger charge is 2.46. The lowest BCUT2D eigenvalue weighted by molar-refractivity contribution is -0.101. The number of piperidine rings is 1. The van der Waals surface area contributed by atoms with Crippen molar-refractivity contribution in [1.82, 2.24) is 24.5 Å². The number of amides is 1. The highest BCUT2D eigenvalue weighted by Crippen LogP contribution is 2.33. The van der Waals surface area contributed by atoms with Crippen molar-refractivity contribution in [1.29, 1.82) is 0 Å². The fourth-order valence-corrected chi connectivity index (χ4v) is 3.44. The molecule has 1 amide bonds. The van der Waals surface area contributed by atoms with Gasteiger partial charge in [-0.1, -0.05) is 23.7 Å². The summed E-state index contributed by atoms with van der Waals surface area (Å²) < 4.78 is 62.1. The second-order valence-electron chi connectivity index (χ2n) is 7.80. The molecule has 35 heavy (non-hydrogen) atoms. The number of nitrogens with one attached hydrogen (secondary N) is 1. The quantitative estimate of drug-likeness (QED) is 0.474. The van der Waals surface area contributed by atoms with E-state index in [1.807, 2.05) is 0 Å². The summed E-state index contributed by atoms with van der Waals surface area (Å²) >= 11 is 5.81. The second-order valence-corrected chi connectivity index (χ2v) is 9.70. The third-order valence-corrected chi connectivity index (χ3v) is 5.26. The summed E-state index contributed by atoms with van der Waals surface area (Å²) in [7, 11) is -3.67. The van der Waals surface area contributed by atoms with Gasteiger partial charge in [-0.3, -0.25) is 8.95 Å². The molecule has 1 saturated heterocycles. The molecule has 0 saturated carbocycles. The van der Waals surface area contributed by atoms with Crippen LogP contribution in [0.4, 0.5) is 19.4 Å². The molecule has 1 atom stereocenters. The third kappa shape index (κ3) is 7.97. The molecule has 190 valence electrons. The molecule has 4 rings (SSSR count). The third-order valence-electron chi connectivity index (χ3n) is 5.01. The first kappa shape index (κ1) is 26.5. The van der Waals surface area contributed by atoms with Gasteiger partial charge in [0.15, 0.2) is 5.82 Å². The normalized spacial score (nSPS) is 17.4. The molecular weight excluding hydrogens is 510 g/mol. The summed E-state index contributed by atoms with van der Waals surface area (Å²) in [6, 6.07) is 6.77. The van der Waals surface area contributed by atoms with E-state index in [4.69, 9.17) is 20.9 Å². The van der Waals surface area contributed by atoms with Crippen LogP contribution in [0.25, 0.3) is 5.65 Å². The number of carbonyl (C=O) groups is 1. The monoisotopic (exact) mass is 532 g/mol. The predicted molar refractivity (Wildman–Crippen MR) is 123 cm³/mol. The van der Waals surface area contributed by atoms with Gasteiger partial charge in [0.2, 0.25) is 5.65 Å². The van der Waals surface area contributed by atoms with Crippen molar-refractivity contribution in [3.8, 4) is 0 Å². The summed E-state index contributed by atoms with van der Waals surface area (Å²) in [4.78, 5) is 17.4. The molecule has 1 fully saturated rings. The average molecular weight is 533 g/mol. The van der Waals surface area contributed by atoms with Crippen molar-refractivity contribution < 1.29 is 31.3 Å². The smallest absolute Gasteiger partial charge is 0.410 e. The maximum absolute atomic E-state index is 14.7. The molecular formula is C20H23ClF2N6O5S. The average Bonchev–Trinajstić information content (AvgIpc) is 3.25. The Morgan fingerprint density at radius 2 is 2.03 bits per heavy atom. The minimum atomic E-state index is -3.67. The van der Waals surface area contributed by atoms with Gasteiger partial charge >= 0.3 is 6.09 Å². The van der Waals surface area contributed by atoms with Crippen LogP contribution in [-0.4, -0.2) is 75.4 Å². The van der Waals surface area contributed by atoms with Crippen LogP contribution in [0.5, 0.6) is 0 Å². The zero-order chi connectivity index (χ0) is 25.6. The predicted octanol–water partition coefficient (Wildman–Crippen LogP) is 2.99. The minimum absolute atomic E-state index is 0.000194. The van der Waals surface area contributed by atoms with Crippen molar-refractivity contribution in [2.24, 2.45) is 5.92 Å². The van der Waals surface area contributed by atoms with Gasteiger partial charge in [-0.15, -0.1) is 10.2 Å². The number of carbonyl (C=O) groups excluding carboxylic acids is 1. The van der Waals surface area contributed by atoms with Gasteiger partial charge in [0.25, 0.3) is 16.0 Å². The number of alkyl halides is 2. The largest absolute Gasteiger partial charge is 0.445 e. The van der Waals surface area contributed by atoms with Crippen LogP contribution < -0.4 is 5.32 Å². The maximum Gasteiger partial charge on any atom is 0.410 e. The SMILES string of the molecule is CS(=O)(=O)O.O=C(OCc1ccc(Cl)cc1)N1CC[C@H](CNc2nccn3cnnc23)C(F)(F)C1. The second kappa shape index (κ2) is 11.1. The lowest BCUT2D eigenvalue weighted by Crippen LogP contribution is -2.52. The van der Waals surface area contributed by atoms with Gasteiger partial charge in [-0.2, -0.15) is 8.42 Å². The highest BCUT2D eigenvalue weighted by atomic mass is 35.5. The molecule has 0 radical (unpaired) electrons. The fourth-order valence-electron chi connectivity index (χ4n) is 3.31. The van der Waals surface area contributed by atoms with Crippen molar-refractivity contribution in [3.05, 3.63) is 53.6 Å². The first-order valence-corrected chi connectivity index (χ1v) is 12.5. The fraction of sp³-hybridized carbons (Fsp3) is 0.400. The number of hydrogen-bond acceptors (Lipinski definition) is 8. The summed E-state index contributed by atoms with van der Waals surface area (Å²) in [5.74, 6) is -3.64. The van der Waals surface area contributed by atoms with Crippen LogP contribution in [-0.2, 0) is 21.5 Å². The molecule has 1 aromatic carbocycles. The number of fused-ring (bicyclic) bond motifs is 1. The van der Waals surface area contributed by atoms with E-state index in [-0.39, 0.29) is 26.1 Å². The number of anilines is 1. The molecule has 3 heterocycles. The van der Waals surface area contributed by atoms with Crippen LogP contribution in [0, 0.1) is 5.92 Å². The van der Waals surface area contributed by atoms with E-state index < -0.39 is 34.6 Å². The lowest BCUT2D eigenvalue weighted by Gasteiger charge is -2.37. The molecule has 0 bridgehead atoms. The van der Waals surface area contributed by atoms with Crippen LogP contribution in [0.3, 0.4) is 0 Å². The summed E-state index contributed by atoms with van der Waals surface area (Å²) in [5.41, 5.74) is 1.19. The zero-order valence-electron chi connectivity index (χ0n) is 18.5. The van der Waals surface area contributed by atoms with E-state index in [1.165, 1.54) is 12.5 Å². The Morgan fingerprint density at radius 3 is 2.69 bits per heavy atom. The Kier molecular flexibility index (Phi) is 8.40. The number of likely N-dealkylation sites (tertiary alicyclic amines) is 1. The molecule has 15 heteroatoms. The molecule has 1 aliphatic heterocycles. The van der Waals surface area contributed by atoms with E-state index in [2.05, 4.69) is 20.5 Å². The number of nitrogens with zero attached hydrogens (tertiary/aromatic N) is 5. The van der Waals surface area contributed by atoms with Gasteiger partial charge in [0, 0.05) is 36.4 Å². The van der Waals surface area contributed by atoms with Crippen molar-refractivity contribution >= 4 is 39.3 Å². The Balaban J connectivity index is 0.000000623. The van der Waals surface area contributed by atoms with Gasteiger partial charge < -0.3 is 15.0 Å². The van der Waals surface area contributed by atoms with E-state index in [9.17, 15) is 22.0 Å². The molecule has 3 aromatic rings. The number of rotatable bonds is 5. The van der Waals surface area contributed by atoms with E-state index in [0.29, 0.717) is 22.7 Å². The van der Waals surface area contributed by atoms with Crippen LogP contribution in [0.1, 0.15) is 12.0 Å². The van der Waals surface area contributed by atoms with Crippen LogP contribution in [0.2, 0.25) is 5.02 Å². The number of halogens is 3. The van der Waals surface area contributed by atoms with Crippen molar-refractivity contribution in [2.75, 3.05) is 31.2 Å². The lowest BCUT2D eigenvalue weighted by atomic mass is 9.93. The van der Waals surface area contributed by atoms with Gasteiger partial charge in [0.05, 0.1) is 12.8 Å². The van der Waals surface area contributed by atoms with Gasteiger partial charge in [-0.05, 0) is 24.1 Å². The topological polar surface area (TPSA) is 139 Å². The van der Waals surface area contributed by atoms with E-state index in [1.54, 1.807) is 34.9 Å². The number of benzene rings is 1. The molecule has 11 nitrogen and oxygen atoms in total. The highest BCUT2D eigenvalue weighted by molar-refractivity contribution is 7.85. The number of aromatic nitrogens is 4. The minimum Gasteiger partial charge on any atom is -0.445 e. The van der Waals surface area contributed by atoms with Crippen LogP contribution >= 0.6 is 11.6 Å². The molecule has 0 unspecified atom stereocenters. The standard InChI is InChI=1S/C19H19ClF2N6O2.CH4O3S/c20-15-3-1-13(2-4-15)10-30-18(29)27-7-5-14(19(21,22)11-27)9-24-16-17-26-25-12-28(17)8-6-23-16;1-5(2,3)4/h1-4,6,8,12,14H,5,7,9-11H2,(H,23,24);1H3,(H,2,3,4)/t14-;/m1./s1. The van der Waals surface area contributed by atoms with E-state index in [0.717, 1.165) is 10.5 Å². The summed E-state index contributed by atoms with van der Waals surface area (Å²) in [6.45, 7) is -0.511. The van der Waals surface area contributed by atoms with E-state index >= 15 is 0 Å². The zero-order valence-corrected chi connectivity index (χ0v) is 20.1. The summed E-state index contributed by atoms with van der Waals surface area (Å²) in [6.07, 6.45) is 4.80. The Labute approximate surface area is 204 Å². The first-order valence-electron chi connectivity index (χ1n) is 10.3. The first-order chi connectivity index (χ1) is 16.4. The number of hydrogen-bond donors (Lipinski definition) is 2. The van der Waals surface area contributed by atoms with Gasteiger partial charge in [0.1, 0.15) is 12.9 Å². The Bertz CT molecular complexity index is 1250. The number of ether oxygens (including phenoxy) is 1. The van der Waals surface area contributed by atoms with Crippen LogP contribution in [0.15, 0.2) is 43.0 Å². The Morgan fingerprint density at radius 1 is 1.34 bits per heavy atom. The summed E-state index contributed by atoms with van der Waals surface area (Å²) in [5, 5.41) is 11.2. The molecule has 0 aliphatic carbocycles. The molecule has 0 spiro atoms. The molecule has 2 N–H and O–H groups in total. The van der Waals surface area contributed by atoms with Crippen molar-refractivity contribution in [3.63, 3.8) is 0 Å². The van der Waals surface area contributed by atoms with Crippen molar-refractivity contribution in [2.45, 2.75) is 19.0 Å². The Hall–Kier alpha value is -3.10. The molecule has 2 aromatic heterocycles.